The molecule has 0 radical (unpaired) electrons. The van der Waals surface area contributed by atoms with Gasteiger partial charge in [0.25, 0.3) is 5.91 Å². The van der Waals surface area contributed by atoms with Gasteiger partial charge in [0, 0.05) is 54.1 Å². The van der Waals surface area contributed by atoms with Crippen LogP contribution in [0.25, 0.3) is 22.0 Å². The van der Waals surface area contributed by atoms with Crippen LogP contribution in [0.1, 0.15) is 21.6 Å². The molecule has 0 fully saturated rings. The maximum absolute atomic E-state index is 12.9. The molecule has 136 valence electrons. The Kier molecular flexibility index (Phi) is 4.09. The Balaban J connectivity index is 1.37. The summed E-state index contributed by atoms with van der Waals surface area (Å²) in [6.45, 7) is 1.29. The minimum atomic E-state index is 0.0986. The third-order valence-electron chi connectivity index (χ3n) is 5.31. The Bertz CT molecular complexity index is 1170. The largest absolute Gasteiger partial charge is 0.334 e. The molecule has 0 saturated carbocycles. The van der Waals surface area contributed by atoms with Crippen molar-refractivity contribution in [3.05, 3.63) is 95.9 Å². The fourth-order valence-corrected chi connectivity index (χ4v) is 3.86. The first kappa shape index (κ1) is 16.6. The van der Waals surface area contributed by atoms with Gasteiger partial charge in [-0.15, -0.1) is 0 Å². The number of aromatic nitrogens is 2. The van der Waals surface area contributed by atoms with Crippen LogP contribution in [0.3, 0.4) is 0 Å². The molecule has 0 atom stereocenters. The third-order valence-corrected chi connectivity index (χ3v) is 5.31. The van der Waals surface area contributed by atoms with Gasteiger partial charge in [-0.1, -0.05) is 42.5 Å². The zero-order valence-electron chi connectivity index (χ0n) is 15.4. The lowest BCUT2D eigenvalue weighted by Crippen LogP contribution is -2.26. The summed E-state index contributed by atoms with van der Waals surface area (Å²) < 4.78 is 0. The first-order chi connectivity index (χ1) is 13.8. The number of pyridine rings is 2. The second-order valence-corrected chi connectivity index (χ2v) is 7.05. The standard InChI is InChI=1S/C24H19N3O/c28-24-21-8-3-7-20(18-6-4-13-25-15-18)22(21)16-27(24)14-12-19-11-10-17-5-1-2-9-23(17)26-19/h1-11,13,15H,12,14,16H2. The molecule has 2 aromatic carbocycles. The summed E-state index contributed by atoms with van der Waals surface area (Å²) in [5.41, 5.74) is 6.03. The molecule has 0 bridgehead atoms. The van der Waals surface area contributed by atoms with E-state index in [0.29, 0.717) is 13.1 Å². The van der Waals surface area contributed by atoms with Crippen molar-refractivity contribution in [3.63, 3.8) is 0 Å². The Labute approximate surface area is 163 Å². The van der Waals surface area contributed by atoms with Gasteiger partial charge in [-0.05, 0) is 35.4 Å². The molecule has 4 nitrogen and oxygen atoms in total. The van der Waals surface area contributed by atoms with Crippen molar-refractivity contribution in [2.24, 2.45) is 0 Å². The van der Waals surface area contributed by atoms with E-state index in [0.717, 1.165) is 45.3 Å². The Morgan fingerprint density at radius 2 is 1.79 bits per heavy atom. The van der Waals surface area contributed by atoms with Crippen LogP contribution in [0.4, 0.5) is 0 Å². The van der Waals surface area contributed by atoms with E-state index in [4.69, 9.17) is 4.98 Å². The fourth-order valence-electron chi connectivity index (χ4n) is 3.86. The minimum Gasteiger partial charge on any atom is -0.334 e. The van der Waals surface area contributed by atoms with Gasteiger partial charge in [-0.2, -0.15) is 0 Å². The summed E-state index contributed by atoms with van der Waals surface area (Å²) in [5.74, 6) is 0.0986. The summed E-state index contributed by atoms with van der Waals surface area (Å²) in [4.78, 5) is 23.8. The Hall–Kier alpha value is -3.53. The van der Waals surface area contributed by atoms with Crippen LogP contribution < -0.4 is 0 Å². The van der Waals surface area contributed by atoms with Crippen LogP contribution in [0, 0.1) is 0 Å². The number of rotatable bonds is 4. The molecule has 4 aromatic rings. The number of hydrogen-bond donors (Lipinski definition) is 0. The van der Waals surface area contributed by atoms with E-state index >= 15 is 0 Å². The smallest absolute Gasteiger partial charge is 0.254 e. The highest BCUT2D eigenvalue weighted by Gasteiger charge is 2.29. The monoisotopic (exact) mass is 365 g/mol. The molecular formula is C24H19N3O. The molecule has 0 spiro atoms. The van der Waals surface area contributed by atoms with E-state index in [1.165, 1.54) is 0 Å². The Morgan fingerprint density at radius 1 is 0.893 bits per heavy atom. The highest BCUT2D eigenvalue weighted by molar-refractivity contribution is 6.00. The molecular weight excluding hydrogens is 346 g/mol. The lowest BCUT2D eigenvalue weighted by Gasteiger charge is -2.15. The first-order valence-electron chi connectivity index (χ1n) is 9.46. The van der Waals surface area contributed by atoms with Crippen molar-refractivity contribution in [2.75, 3.05) is 6.54 Å². The highest BCUT2D eigenvalue weighted by Crippen LogP contribution is 2.32. The summed E-state index contributed by atoms with van der Waals surface area (Å²) in [6, 6.07) is 22.2. The molecule has 0 aliphatic carbocycles. The summed E-state index contributed by atoms with van der Waals surface area (Å²) in [6.07, 6.45) is 4.36. The molecule has 1 amide bonds. The number of fused-ring (bicyclic) bond motifs is 2. The topological polar surface area (TPSA) is 46.1 Å². The number of benzene rings is 2. The van der Waals surface area contributed by atoms with Crippen LogP contribution in [0.15, 0.2) is 79.1 Å². The number of carbonyl (C=O) groups is 1. The molecule has 1 aliphatic heterocycles. The van der Waals surface area contributed by atoms with Crippen LogP contribution >= 0.6 is 0 Å². The lowest BCUT2D eigenvalue weighted by atomic mass is 9.98. The zero-order chi connectivity index (χ0) is 18.9. The molecule has 1 aliphatic rings. The second kappa shape index (κ2) is 6.89. The van der Waals surface area contributed by atoms with Gasteiger partial charge in [-0.3, -0.25) is 14.8 Å². The number of para-hydroxylation sites is 1. The quantitative estimate of drug-likeness (QED) is 0.535. The summed E-state index contributed by atoms with van der Waals surface area (Å²) >= 11 is 0. The molecule has 2 aromatic heterocycles. The number of hydrogen-bond acceptors (Lipinski definition) is 3. The average Bonchev–Trinajstić information content (AvgIpc) is 3.08. The van der Waals surface area contributed by atoms with Gasteiger partial charge in [0.05, 0.1) is 5.52 Å². The van der Waals surface area contributed by atoms with Crippen molar-refractivity contribution in [1.82, 2.24) is 14.9 Å². The molecule has 0 unspecified atom stereocenters. The van der Waals surface area contributed by atoms with Crippen LogP contribution in [-0.2, 0) is 13.0 Å². The van der Waals surface area contributed by atoms with Gasteiger partial charge < -0.3 is 4.90 Å². The zero-order valence-corrected chi connectivity index (χ0v) is 15.4. The maximum Gasteiger partial charge on any atom is 0.254 e. The van der Waals surface area contributed by atoms with Crippen molar-refractivity contribution in [3.8, 4) is 11.1 Å². The molecule has 5 rings (SSSR count). The summed E-state index contributed by atoms with van der Waals surface area (Å²) in [5, 5.41) is 1.14. The maximum atomic E-state index is 12.9. The summed E-state index contributed by atoms with van der Waals surface area (Å²) in [7, 11) is 0. The molecule has 3 heterocycles. The predicted octanol–water partition coefficient (Wildman–Crippen LogP) is 4.50. The molecule has 0 saturated heterocycles. The predicted molar refractivity (Wildman–Crippen MR) is 110 cm³/mol. The second-order valence-electron chi connectivity index (χ2n) is 7.05. The van der Waals surface area contributed by atoms with E-state index in [2.05, 4.69) is 29.2 Å². The van der Waals surface area contributed by atoms with Crippen molar-refractivity contribution >= 4 is 16.8 Å². The van der Waals surface area contributed by atoms with Gasteiger partial charge >= 0.3 is 0 Å². The van der Waals surface area contributed by atoms with Crippen LogP contribution in [0.5, 0.6) is 0 Å². The van der Waals surface area contributed by atoms with E-state index in [1.54, 1.807) is 6.20 Å². The Morgan fingerprint density at radius 3 is 2.68 bits per heavy atom. The van der Waals surface area contributed by atoms with Crippen molar-refractivity contribution in [2.45, 2.75) is 13.0 Å². The lowest BCUT2D eigenvalue weighted by molar-refractivity contribution is 0.0780. The molecule has 28 heavy (non-hydrogen) atoms. The van der Waals surface area contributed by atoms with Gasteiger partial charge in [-0.25, -0.2) is 0 Å². The minimum absolute atomic E-state index is 0.0986. The molecule has 0 N–H and O–H groups in total. The SMILES string of the molecule is O=C1c2cccc(-c3cccnc3)c2CN1CCc1ccc2ccccc2n1. The number of amides is 1. The fraction of sp³-hybridized carbons (Fsp3) is 0.125. The van der Waals surface area contributed by atoms with E-state index in [-0.39, 0.29) is 5.91 Å². The van der Waals surface area contributed by atoms with Gasteiger partial charge in [0.15, 0.2) is 0 Å². The van der Waals surface area contributed by atoms with Crippen LogP contribution in [0.2, 0.25) is 0 Å². The van der Waals surface area contributed by atoms with E-state index in [9.17, 15) is 4.79 Å². The van der Waals surface area contributed by atoms with Crippen molar-refractivity contribution in [1.29, 1.82) is 0 Å². The van der Waals surface area contributed by atoms with E-state index in [1.807, 2.05) is 53.6 Å². The van der Waals surface area contributed by atoms with E-state index < -0.39 is 0 Å². The molecule has 4 heteroatoms. The van der Waals surface area contributed by atoms with Gasteiger partial charge in [0.1, 0.15) is 0 Å². The number of nitrogens with zero attached hydrogens (tertiary/aromatic N) is 3. The average molecular weight is 365 g/mol. The normalized spacial score (nSPS) is 13.1. The van der Waals surface area contributed by atoms with Crippen molar-refractivity contribution < 1.29 is 4.79 Å². The van der Waals surface area contributed by atoms with Crippen LogP contribution in [-0.4, -0.2) is 27.3 Å². The third kappa shape index (κ3) is 2.93. The highest BCUT2D eigenvalue weighted by atomic mass is 16.2. The van der Waals surface area contributed by atoms with Gasteiger partial charge in [0.2, 0.25) is 0 Å². The number of carbonyl (C=O) groups excluding carboxylic acids is 1. The first-order valence-corrected chi connectivity index (χ1v) is 9.46.